The molecule has 3 nitrogen and oxygen atoms in total. The zero-order valence-electron chi connectivity index (χ0n) is 10.5. The van der Waals surface area contributed by atoms with Crippen molar-refractivity contribution in [2.24, 2.45) is 7.05 Å². The predicted molar refractivity (Wildman–Crippen MR) is 80.3 cm³/mol. The third-order valence-corrected chi connectivity index (χ3v) is 4.82. The van der Waals surface area contributed by atoms with Gasteiger partial charge in [-0.05, 0) is 0 Å². The number of benzene rings is 1. The first-order chi connectivity index (χ1) is 9.33. The Bertz CT molecular complexity index is 658. The molecule has 96 valence electrons. The molecule has 0 saturated carbocycles. The summed E-state index contributed by atoms with van der Waals surface area (Å²) in [6, 6.07) is 10.3. The lowest BCUT2D eigenvalue weighted by Crippen LogP contribution is -1.94. The van der Waals surface area contributed by atoms with E-state index in [-0.39, 0.29) is 0 Å². The average Bonchev–Trinajstić information content (AvgIpc) is 3.06. The molecule has 0 fully saturated rings. The van der Waals surface area contributed by atoms with Crippen molar-refractivity contribution in [3.05, 3.63) is 53.9 Å². The molecule has 0 saturated heterocycles. The number of hydrogen-bond acceptors (Lipinski definition) is 4. The molecule has 19 heavy (non-hydrogen) atoms. The highest BCUT2D eigenvalue weighted by molar-refractivity contribution is 8.00. The van der Waals surface area contributed by atoms with Crippen LogP contribution in [0.2, 0.25) is 0 Å². The Balaban J connectivity index is 1.70. The van der Waals surface area contributed by atoms with Crippen molar-refractivity contribution in [3.63, 3.8) is 0 Å². The van der Waals surface area contributed by atoms with Gasteiger partial charge in [-0.15, -0.1) is 11.3 Å². The number of thiazole rings is 1. The van der Waals surface area contributed by atoms with Gasteiger partial charge < -0.3 is 4.57 Å². The summed E-state index contributed by atoms with van der Waals surface area (Å²) in [4.78, 5) is 8.97. The molecule has 1 aromatic carbocycles. The minimum Gasteiger partial charge on any atom is -0.337 e. The van der Waals surface area contributed by atoms with Gasteiger partial charge in [0, 0.05) is 30.4 Å². The van der Waals surface area contributed by atoms with Crippen molar-refractivity contribution in [1.29, 1.82) is 0 Å². The quantitative estimate of drug-likeness (QED) is 0.683. The highest BCUT2D eigenvalue weighted by Crippen LogP contribution is 2.29. The van der Waals surface area contributed by atoms with Crippen molar-refractivity contribution in [2.45, 2.75) is 10.1 Å². The molecule has 0 aliphatic heterocycles. The van der Waals surface area contributed by atoms with Crippen LogP contribution in [0, 0.1) is 0 Å². The van der Waals surface area contributed by atoms with Gasteiger partial charge in [0.25, 0.3) is 0 Å². The Morgan fingerprint density at radius 3 is 2.84 bits per heavy atom. The molecule has 0 bridgehead atoms. The topological polar surface area (TPSA) is 30.7 Å². The second-order valence-corrected chi connectivity index (χ2v) is 6.19. The third-order valence-electron chi connectivity index (χ3n) is 2.80. The normalized spacial score (nSPS) is 10.8. The number of imidazole rings is 1. The lowest BCUT2D eigenvalue weighted by atomic mass is 10.2. The summed E-state index contributed by atoms with van der Waals surface area (Å²) in [6.07, 6.45) is 3.79. The highest BCUT2D eigenvalue weighted by atomic mass is 32.2. The van der Waals surface area contributed by atoms with E-state index in [9.17, 15) is 0 Å². The van der Waals surface area contributed by atoms with Crippen molar-refractivity contribution < 1.29 is 0 Å². The first-order valence-corrected chi connectivity index (χ1v) is 7.79. The van der Waals surface area contributed by atoms with Crippen LogP contribution in [0.1, 0.15) is 5.82 Å². The van der Waals surface area contributed by atoms with Crippen LogP contribution in [-0.2, 0) is 12.8 Å². The standard InChI is InChI=1S/C14H13N3S2/c1-17-8-7-15-13(17)10-19-14-16-12(9-18-14)11-5-3-2-4-6-11/h2-9H,10H2,1H3. The van der Waals surface area contributed by atoms with Crippen molar-refractivity contribution >= 4 is 23.1 Å². The van der Waals surface area contributed by atoms with Crippen LogP contribution in [0.4, 0.5) is 0 Å². The molecule has 0 spiro atoms. The molecule has 0 radical (unpaired) electrons. The van der Waals surface area contributed by atoms with E-state index < -0.39 is 0 Å². The minimum atomic E-state index is 0.852. The van der Waals surface area contributed by atoms with E-state index in [4.69, 9.17) is 0 Å². The van der Waals surface area contributed by atoms with Gasteiger partial charge in [0.2, 0.25) is 0 Å². The summed E-state index contributed by atoms with van der Waals surface area (Å²) in [7, 11) is 2.01. The number of rotatable bonds is 4. The summed E-state index contributed by atoms with van der Waals surface area (Å²) >= 11 is 3.42. The number of thioether (sulfide) groups is 1. The molecular formula is C14H13N3S2. The zero-order chi connectivity index (χ0) is 13.1. The van der Waals surface area contributed by atoms with Gasteiger partial charge in [-0.3, -0.25) is 0 Å². The number of aromatic nitrogens is 3. The Hall–Kier alpha value is -1.59. The molecule has 0 N–H and O–H groups in total. The lowest BCUT2D eigenvalue weighted by molar-refractivity contribution is 0.849. The van der Waals surface area contributed by atoms with Gasteiger partial charge in [0.05, 0.1) is 11.4 Å². The van der Waals surface area contributed by atoms with Crippen LogP contribution in [-0.4, -0.2) is 14.5 Å². The van der Waals surface area contributed by atoms with Gasteiger partial charge in [-0.25, -0.2) is 9.97 Å². The molecule has 2 heterocycles. The van der Waals surface area contributed by atoms with Crippen LogP contribution >= 0.6 is 23.1 Å². The van der Waals surface area contributed by atoms with Crippen LogP contribution in [0.15, 0.2) is 52.4 Å². The second kappa shape index (κ2) is 5.59. The van der Waals surface area contributed by atoms with Crippen LogP contribution < -0.4 is 0 Å². The van der Waals surface area contributed by atoms with E-state index in [1.54, 1.807) is 23.1 Å². The van der Waals surface area contributed by atoms with Gasteiger partial charge >= 0.3 is 0 Å². The van der Waals surface area contributed by atoms with E-state index in [1.165, 1.54) is 5.56 Å². The Morgan fingerprint density at radius 2 is 2.11 bits per heavy atom. The van der Waals surface area contributed by atoms with Crippen LogP contribution in [0.3, 0.4) is 0 Å². The minimum absolute atomic E-state index is 0.852. The fourth-order valence-electron chi connectivity index (χ4n) is 1.73. The van der Waals surface area contributed by atoms with E-state index >= 15 is 0 Å². The fourth-order valence-corrected chi connectivity index (χ4v) is 3.57. The maximum absolute atomic E-state index is 4.65. The molecule has 0 aliphatic carbocycles. The summed E-state index contributed by atoms with van der Waals surface area (Å²) < 4.78 is 3.13. The first kappa shape index (κ1) is 12.4. The summed E-state index contributed by atoms with van der Waals surface area (Å²) in [5, 5.41) is 2.11. The van der Waals surface area contributed by atoms with Crippen LogP contribution in [0.5, 0.6) is 0 Å². The predicted octanol–water partition coefficient (Wildman–Crippen LogP) is 3.84. The maximum atomic E-state index is 4.65. The van der Waals surface area contributed by atoms with Crippen molar-refractivity contribution in [1.82, 2.24) is 14.5 Å². The van der Waals surface area contributed by atoms with Crippen LogP contribution in [0.25, 0.3) is 11.3 Å². The van der Waals surface area contributed by atoms with Gasteiger partial charge in [0.1, 0.15) is 5.82 Å². The average molecular weight is 287 g/mol. The molecule has 0 amide bonds. The van der Waals surface area contributed by atoms with E-state index in [0.717, 1.165) is 21.6 Å². The molecule has 0 unspecified atom stereocenters. The number of hydrogen-bond donors (Lipinski definition) is 0. The summed E-state index contributed by atoms with van der Waals surface area (Å²) in [5.41, 5.74) is 2.22. The Morgan fingerprint density at radius 1 is 1.26 bits per heavy atom. The molecule has 0 atom stereocenters. The number of nitrogens with zero attached hydrogens (tertiary/aromatic N) is 3. The van der Waals surface area contributed by atoms with E-state index in [0.29, 0.717) is 0 Å². The number of aryl methyl sites for hydroxylation is 1. The largest absolute Gasteiger partial charge is 0.337 e. The monoisotopic (exact) mass is 287 g/mol. The zero-order valence-corrected chi connectivity index (χ0v) is 12.1. The molecule has 2 aromatic heterocycles. The van der Waals surface area contributed by atoms with Crippen molar-refractivity contribution in [2.75, 3.05) is 0 Å². The molecule has 5 heteroatoms. The molecule has 3 aromatic rings. The molecule has 3 rings (SSSR count). The summed E-state index contributed by atoms with van der Waals surface area (Å²) in [5.74, 6) is 1.92. The fraction of sp³-hybridized carbons (Fsp3) is 0.143. The van der Waals surface area contributed by atoms with Gasteiger partial charge in [-0.2, -0.15) is 0 Å². The summed E-state index contributed by atoms with van der Waals surface area (Å²) in [6.45, 7) is 0. The first-order valence-electron chi connectivity index (χ1n) is 5.93. The SMILES string of the molecule is Cn1ccnc1CSc1nc(-c2ccccc2)cs1. The maximum Gasteiger partial charge on any atom is 0.150 e. The Kier molecular flexibility index (Phi) is 3.66. The second-order valence-electron chi connectivity index (χ2n) is 4.11. The van der Waals surface area contributed by atoms with Crippen molar-refractivity contribution in [3.8, 4) is 11.3 Å². The highest BCUT2D eigenvalue weighted by Gasteiger charge is 2.06. The van der Waals surface area contributed by atoms with Gasteiger partial charge in [-0.1, -0.05) is 42.1 Å². The van der Waals surface area contributed by atoms with Gasteiger partial charge in [0.15, 0.2) is 4.34 Å². The lowest BCUT2D eigenvalue weighted by Gasteiger charge is -1.99. The molecular weight excluding hydrogens is 274 g/mol. The van der Waals surface area contributed by atoms with E-state index in [1.807, 2.05) is 42.2 Å². The molecule has 0 aliphatic rings. The van der Waals surface area contributed by atoms with E-state index in [2.05, 4.69) is 27.5 Å². The smallest absolute Gasteiger partial charge is 0.150 e. The third kappa shape index (κ3) is 2.88. The Labute approximate surface area is 120 Å².